The van der Waals surface area contributed by atoms with Crippen molar-refractivity contribution in [2.45, 2.75) is 39.5 Å². The molecule has 0 saturated heterocycles. The van der Waals surface area contributed by atoms with Crippen LogP contribution in [-0.2, 0) is 0 Å². The van der Waals surface area contributed by atoms with Crippen LogP contribution in [0.3, 0.4) is 0 Å². The van der Waals surface area contributed by atoms with E-state index in [1.165, 1.54) is 36.8 Å². The molecule has 0 heteroatoms. The SMILES string of the molecule is CCCC1C=CC(C2=CC(C)CC=C2)=CC1. The Morgan fingerprint density at radius 3 is 2.69 bits per heavy atom. The maximum Gasteiger partial charge on any atom is -0.0195 e. The molecular weight excluding hydrogens is 192 g/mol. The van der Waals surface area contributed by atoms with Gasteiger partial charge in [0.2, 0.25) is 0 Å². The van der Waals surface area contributed by atoms with Crippen LogP contribution in [-0.4, -0.2) is 0 Å². The Bertz CT molecular complexity index is 352. The number of hydrogen-bond acceptors (Lipinski definition) is 0. The van der Waals surface area contributed by atoms with Crippen molar-refractivity contribution in [1.82, 2.24) is 0 Å². The van der Waals surface area contributed by atoms with Crippen molar-refractivity contribution < 1.29 is 0 Å². The third-order valence-corrected chi connectivity index (χ3v) is 3.45. The Kier molecular flexibility index (Phi) is 3.82. The van der Waals surface area contributed by atoms with E-state index in [-0.39, 0.29) is 0 Å². The Morgan fingerprint density at radius 1 is 1.19 bits per heavy atom. The maximum atomic E-state index is 2.41. The quantitative estimate of drug-likeness (QED) is 0.632. The van der Waals surface area contributed by atoms with E-state index in [0.717, 1.165) is 5.92 Å². The Balaban J connectivity index is 2.03. The minimum Gasteiger partial charge on any atom is -0.0834 e. The Labute approximate surface area is 99.4 Å². The van der Waals surface area contributed by atoms with Crippen molar-refractivity contribution in [3.63, 3.8) is 0 Å². The molecule has 0 spiro atoms. The van der Waals surface area contributed by atoms with E-state index in [1.807, 2.05) is 0 Å². The summed E-state index contributed by atoms with van der Waals surface area (Å²) in [5.74, 6) is 1.47. The van der Waals surface area contributed by atoms with E-state index in [2.05, 4.69) is 50.3 Å². The third-order valence-electron chi connectivity index (χ3n) is 3.45. The van der Waals surface area contributed by atoms with Crippen LogP contribution in [0, 0.1) is 11.8 Å². The zero-order valence-electron chi connectivity index (χ0n) is 10.4. The molecule has 2 aliphatic carbocycles. The highest BCUT2D eigenvalue weighted by Crippen LogP contribution is 2.28. The van der Waals surface area contributed by atoms with Gasteiger partial charge in [0.25, 0.3) is 0 Å². The normalized spacial score (nSPS) is 28.9. The number of allylic oxidation sites excluding steroid dienone is 8. The fourth-order valence-corrected chi connectivity index (χ4v) is 2.50. The van der Waals surface area contributed by atoms with Gasteiger partial charge >= 0.3 is 0 Å². The average Bonchev–Trinajstić information content (AvgIpc) is 2.30. The summed E-state index contributed by atoms with van der Waals surface area (Å²) in [6, 6.07) is 0. The molecule has 0 aliphatic heterocycles. The minimum atomic E-state index is 0.697. The fraction of sp³-hybridized carbons (Fsp3) is 0.500. The lowest BCUT2D eigenvalue weighted by atomic mass is 9.87. The van der Waals surface area contributed by atoms with E-state index in [4.69, 9.17) is 0 Å². The molecule has 0 amide bonds. The molecule has 16 heavy (non-hydrogen) atoms. The van der Waals surface area contributed by atoms with Crippen LogP contribution in [0.4, 0.5) is 0 Å². The van der Waals surface area contributed by atoms with Crippen LogP contribution in [0.5, 0.6) is 0 Å². The van der Waals surface area contributed by atoms with Gasteiger partial charge in [-0.3, -0.25) is 0 Å². The smallest absolute Gasteiger partial charge is 0.0195 e. The second-order valence-corrected chi connectivity index (χ2v) is 5.04. The number of hydrogen-bond donors (Lipinski definition) is 0. The van der Waals surface area contributed by atoms with Crippen molar-refractivity contribution in [1.29, 1.82) is 0 Å². The standard InChI is InChI=1S/C16H22/c1-3-5-14-8-10-15(11-9-14)16-7-4-6-13(2)12-16/h4,7-8,10-14H,3,5-6,9H2,1-2H3. The highest BCUT2D eigenvalue weighted by Gasteiger charge is 2.11. The second-order valence-electron chi connectivity index (χ2n) is 5.04. The first-order chi connectivity index (χ1) is 7.79. The topological polar surface area (TPSA) is 0 Å². The van der Waals surface area contributed by atoms with Crippen molar-refractivity contribution in [2.24, 2.45) is 11.8 Å². The first kappa shape index (κ1) is 11.4. The summed E-state index contributed by atoms with van der Waals surface area (Å²) >= 11 is 0. The van der Waals surface area contributed by atoms with Crippen LogP contribution in [0.2, 0.25) is 0 Å². The predicted octanol–water partition coefficient (Wildman–Crippen LogP) is 4.81. The van der Waals surface area contributed by atoms with E-state index >= 15 is 0 Å². The molecule has 0 nitrogen and oxygen atoms in total. The van der Waals surface area contributed by atoms with Gasteiger partial charge in [0.1, 0.15) is 0 Å². The van der Waals surface area contributed by atoms with Gasteiger partial charge in [-0.1, -0.05) is 56.7 Å². The van der Waals surface area contributed by atoms with Gasteiger partial charge < -0.3 is 0 Å². The Hall–Kier alpha value is -1.04. The van der Waals surface area contributed by atoms with Crippen molar-refractivity contribution in [3.8, 4) is 0 Å². The molecule has 2 rings (SSSR count). The molecule has 2 unspecified atom stereocenters. The molecule has 2 atom stereocenters. The van der Waals surface area contributed by atoms with Gasteiger partial charge in [-0.15, -0.1) is 0 Å². The van der Waals surface area contributed by atoms with E-state index in [9.17, 15) is 0 Å². The molecule has 2 aliphatic rings. The first-order valence-corrected chi connectivity index (χ1v) is 6.56. The average molecular weight is 214 g/mol. The molecule has 0 aromatic rings. The summed E-state index contributed by atoms with van der Waals surface area (Å²) in [5, 5.41) is 0. The third kappa shape index (κ3) is 2.75. The first-order valence-electron chi connectivity index (χ1n) is 6.56. The number of rotatable bonds is 3. The summed E-state index contributed by atoms with van der Waals surface area (Å²) in [6.07, 6.45) is 19.1. The fourth-order valence-electron chi connectivity index (χ4n) is 2.50. The van der Waals surface area contributed by atoms with Crippen LogP contribution in [0.1, 0.15) is 39.5 Å². The largest absolute Gasteiger partial charge is 0.0834 e. The molecule has 0 fully saturated rings. The van der Waals surface area contributed by atoms with Crippen molar-refractivity contribution in [2.75, 3.05) is 0 Å². The van der Waals surface area contributed by atoms with Crippen LogP contribution in [0.15, 0.2) is 47.6 Å². The van der Waals surface area contributed by atoms with Gasteiger partial charge in [0.15, 0.2) is 0 Å². The van der Waals surface area contributed by atoms with Gasteiger partial charge in [-0.25, -0.2) is 0 Å². The van der Waals surface area contributed by atoms with E-state index in [1.54, 1.807) is 0 Å². The van der Waals surface area contributed by atoms with E-state index < -0.39 is 0 Å². The molecule has 0 bridgehead atoms. The van der Waals surface area contributed by atoms with Gasteiger partial charge in [0, 0.05) is 0 Å². The molecule has 0 heterocycles. The lowest BCUT2D eigenvalue weighted by molar-refractivity contribution is 0.582. The summed E-state index contributed by atoms with van der Waals surface area (Å²) in [6.45, 7) is 4.55. The molecule has 0 aromatic heterocycles. The zero-order valence-corrected chi connectivity index (χ0v) is 10.4. The molecule has 0 saturated carbocycles. The van der Waals surface area contributed by atoms with E-state index in [0.29, 0.717) is 5.92 Å². The van der Waals surface area contributed by atoms with Crippen molar-refractivity contribution >= 4 is 0 Å². The van der Waals surface area contributed by atoms with Crippen LogP contribution < -0.4 is 0 Å². The lowest BCUT2D eigenvalue weighted by Gasteiger charge is -2.18. The summed E-state index contributed by atoms with van der Waals surface area (Å²) in [7, 11) is 0. The zero-order chi connectivity index (χ0) is 11.4. The minimum absolute atomic E-state index is 0.697. The van der Waals surface area contributed by atoms with Gasteiger partial charge in [0.05, 0.1) is 0 Å². The highest BCUT2D eigenvalue weighted by molar-refractivity contribution is 5.49. The molecular formula is C16H22. The maximum absolute atomic E-state index is 2.41. The summed E-state index contributed by atoms with van der Waals surface area (Å²) in [5.41, 5.74) is 2.85. The lowest BCUT2D eigenvalue weighted by Crippen LogP contribution is -2.02. The Morgan fingerprint density at radius 2 is 2.06 bits per heavy atom. The summed E-state index contributed by atoms with van der Waals surface area (Å²) < 4.78 is 0. The van der Waals surface area contributed by atoms with Crippen LogP contribution >= 0.6 is 0 Å². The highest BCUT2D eigenvalue weighted by atomic mass is 14.2. The molecule has 86 valence electrons. The van der Waals surface area contributed by atoms with Gasteiger partial charge in [-0.05, 0) is 42.2 Å². The molecule has 0 N–H and O–H groups in total. The molecule has 0 aromatic carbocycles. The summed E-state index contributed by atoms with van der Waals surface area (Å²) in [4.78, 5) is 0. The van der Waals surface area contributed by atoms with Crippen LogP contribution in [0.25, 0.3) is 0 Å². The van der Waals surface area contributed by atoms with Crippen molar-refractivity contribution in [3.05, 3.63) is 47.6 Å². The second kappa shape index (κ2) is 5.34. The predicted molar refractivity (Wildman–Crippen MR) is 71.2 cm³/mol. The monoisotopic (exact) mass is 214 g/mol. The van der Waals surface area contributed by atoms with Gasteiger partial charge in [-0.2, -0.15) is 0 Å². The molecule has 0 radical (unpaired) electrons.